The second kappa shape index (κ2) is 10.7. The highest BCUT2D eigenvalue weighted by Crippen LogP contribution is 2.24. The molecule has 7 nitrogen and oxygen atoms in total. The molecule has 0 aliphatic heterocycles. The first-order valence-corrected chi connectivity index (χ1v) is 9.12. The first-order valence-electron chi connectivity index (χ1n) is 9.12. The predicted molar refractivity (Wildman–Crippen MR) is 105 cm³/mol. The van der Waals surface area contributed by atoms with E-state index in [-0.39, 0.29) is 36.1 Å². The standard InChI is InChI=1S/C21H24N2O5/c24-18-11-10-15(14-20(26)27)13-17(18)23-19(25)9-5-2-6-12-22-21(28)16-7-3-1-4-8-16/h1,3-4,7-8,10-11,13,24H,2,5-6,9,12,14H2,(H,22,28)(H,23,25)(H,26,27). The van der Waals surface area contributed by atoms with Crippen LogP contribution in [0.2, 0.25) is 0 Å². The zero-order valence-electron chi connectivity index (χ0n) is 15.5. The number of anilines is 1. The molecule has 148 valence electrons. The summed E-state index contributed by atoms with van der Waals surface area (Å²) in [6.07, 6.45) is 2.26. The van der Waals surface area contributed by atoms with Crippen LogP contribution in [0.25, 0.3) is 0 Å². The minimum atomic E-state index is -0.984. The van der Waals surface area contributed by atoms with E-state index in [0.717, 1.165) is 12.8 Å². The Balaban J connectivity index is 1.66. The lowest BCUT2D eigenvalue weighted by Crippen LogP contribution is -2.24. The molecule has 0 atom stereocenters. The summed E-state index contributed by atoms with van der Waals surface area (Å²) >= 11 is 0. The van der Waals surface area contributed by atoms with Gasteiger partial charge < -0.3 is 20.8 Å². The molecule has 28 heavy (non-hydrogen) atoms. The van der Waals surface area contributed by atoms with Crippen molar-refractivity contribution >= 4 is 23.5 Å². The number of benzene rings is 2. The van der Waals surface area contributed by atoms with Crippen molar-refractivity contribution in [3.8, 4) is 5.75 Å². The summed E-state index contributed by atoms with van der Waals surface area (Å²) in [5, 5.41) is 24.1. The van der Waals surface area contributed by atoms with Crippen molar-refractivity contribution in [2.75, 3.05) is 11.9 Å². The zero-order valence-corrected chi connectivity index (χ0v) is 15.5. The Hall–Kier alpha value is -3.35. The number of rotatable bonds is 10. The number of aromatic hydroxyl groups is 1. The number of hydrogen-bond donors (Lipinski definition) is 4. The van der Waals surface area contributed by atoms with Crippen LogP contribution in [-0.2, 0) is 16.0 Å². The molecular weight excluding hydrogens is 360 g/mol. The fourth-order valence-electron chi connectivity index (χ4n) is 2.66. The molecule has 0 aliphatic carbocycles. The molecule has 0 unspecified atom stereocenters. The van der Waals surface area contributed by atoms with Gasteiger partial charge in [0, 0.05) is 18.5 Å². The second-order valence-corrected chi connectivity index (χ2v) is 6.40. The van der Waals surface area contributed by atoms with Crippen LogP contribution in [0.15, 0.2) is 48.5 Å². The lowest BCUT2D eigenvalue weighted by molar-refractivity contribution is -0.136. The van der Waals surface area contributed by atoms with Crippen LogP contribution in [-0.4, -0.2) is 34.5 Å². The van der Waals surface area contributed by atoms with Crippen LogP contribution >= 0.6 is 0 Å². The normalized spacial score (nSPS) is 10.3. The Morgan fingerprint density at radius 3 is 2.39 bits per heavy atom. The highest BCUT2D eigenvalue weighted by atomic mass is 16.4. The van der Waals surface area contributed by atoms with Gasteiger partial charge in [0.25, 0.3) is 5.91 Å². The molecule has 2 amide bonds. The van der Waals surface area contributed by atoms with E-state index in [0.29, 0.717) is 24.1 Å². The number of phenolic OH excluding ortho intramolecular Hbond substituents is 1. The highest BCUT2D eigenvalue weighted by molar-refractivity contribution is 5.94. The molecule has 0 heterocycles. The van der Waals surface area contributed by atoms with E-state index in [1.54, 1.807) is 12.1 Å². The first-order chi connectivity index (χ1) is 13.5. The second-order valence-electron chi connectivity index (χ2n) is 6.40. The Morgan fingerprint density at radius 1 is 0.929 bits per heavy atom. The van der Waals surface area contributed by atoms with Gasteiger partial charge in [0.1, 0.15) is 5.75 Å². The molecule has 0 aliphatic rings. The number of unbranched alkanes of at least 4 members (excludes halogenated alkanes) is 2. The number of nitrogens with one attached hydrogen (secondary N) is 2. The molecule has 0 spiro atoms. The van der Waals surface area contributed by atoms with Crippen LogP contribution in [0.4, 0.5) is 5.69 Å². The molecular formula is C21H24N2O5. The molecule has 0 fully saturated rings. The van der Waals surface area contributed by atoms with Crippen molar-refractivity contribution in [2.24, 2.45) is 0 Å². The summed E-state index contributed by atoms with van der Waals surface area (Å²) in [5.74, 6) is -1.46. The fraction of sp³-hybridized carbons (Fsp3) is 0.286. The van der Waals surface area contributed by atoms with Gasteiger partial charge in [0.2, 0.25) is 5.91 Å². The Morgan fingerprint density at radius 2 is 1.68 bits per heavy atom. The number of hydrogen-bond acceptors (Lipinski definition) is 4. The number of aliphatic carboxylic acids is 1. The molecule has 0 radical (unpaired) electrons. The van der Waals surface area contributed by atoms with Gasteiger partial charge in [-0.25, -0.2) is 0 Å². The van der Waals surface area contributed by atoms with E-state index < -0.39 is 5.97 Å². The van der Waals surface area contributed by atoms with Gasteiger partial charge in [-0.2, -0.15) is 0 Å². The van der Waals surface area contributed by atoms with Crippen LogP contribution in [0, 0.1) is 0 Å². The van der Waals surface area contributed by atoms with E-state index in [9.17, 15) is 19.5 Å². The maximum Gasteiger partial charge on any atom is 0.307 e. The number of carboxylic acids is 1. The SMILES string of the molecule is O=C(O)Cc1ccc(O)c(NC(=O)CCCCCNC(=O)c2ccccc2)c1. The van der Waals surface area contributed by atoms with Gasteiger partial charge in [-0.15, -0.1) is 0 Å². The average molecular weight is 384 g/mol. The molecule has 2 aromatic rings. The smallest absolute Gasteiger partial charge is 0.307 e. The molecule has 7 heteroatoms. The van der Waals surface area contributed by atoms with Crippen LogP contribution in [0.3, 0.4) is 0 Å². The van der Waals surface area contributed by atoms with Crippen molar-refractivity contribution < 1.29 is 24.6 Å². The minimum absolute atomic E-state index is 0.105. The molecule has 0 aromatic heterocycles. The lowest BCUT2D eigenvalue weighted by atomic mass is 10.1. The quantitative estimate of drug-likeness (QED) is 0.371. The molecule has 0 saturated heterocycles. The van der Waals surface area contributed by atoms with Gasteiger partial charge in [-0.1, -0.05) is 30.7 Å². The van der Waals surface area contributed by atoms with Gasteiger partial charge in [-0.3, -0.25) is 14.4 Å². The van der Waals surface area contributed by atoms with E-state index in [4.69, 9.17) is 5.11 Å². The van der Waals surface area contributed by atoms with Gasteiger partial charge in [0.05, 0.1) is 12.1 Å². The van der Waals surface area contributed by atoms with Gasteiger partial charge in [0.15, 0.2) is 0 Å². The Kier molecular flexibility index (Phi) is 8.02. The zero-order chi connectivity index (χ0) is 20.4. The Labute approximate surface area is 163 Å². The monoisotopic (exact) mass is 384 g/mol. The number of carbonyl (C=O) groups excluding carboxylic acids is 2. The van der Waals surface area contributed by atoms with Crippen LogP contribution < -0.4 is 10.6 Å². The third-order valence-corrected chi connectivity index (χ3v) is 4.09. The third-order valence-electron chi connectivity index (χ3n) is 4.09. The maximum atomic E-state index is 12.0. The van der Waals surface area contributed by atoms with Gasteiger partial charge in [-0.05, 0) is 42.7 Å². The van der Waals surface area contributed by atoms with E-state index in [1.807, 2.05) is 18.2 Å². The average Bonchev–Trinajstić information content (AvgIpc) is 2.67. The molecule has 4 N–H and O–H groups in total. The molecule has 0 saturated carbocycles. The fourth-order valence-corrected chi connectivity index (χ4v) is 2.66. The minimum Gasteiger partial charge on any atom is -0.506 e. The Bertz CT molecular complexity index is 821. The van der Waals surface area contributed by atoms with E-state index >= 15 is 0 Å². The van der Waals surface area contributed by atoms with Crippen molar-refractivity contribution in [3.05, 3.63) is 59.7 Å². The topological polar surface area (TPSA) is 116 Å². The maximum absolute atomic E-state index is 12.0. The van der Waals surface area contributed by atoms with Crippen LogP contribution in [0.1, 0.15) is 41.6 Å². The molecule has 2 rings (SSSR count). The third kappa shape index (κ3) is 7.11. The number of carbonyl (C=O) groups is 3. The van der Waals surface area contributed by atoms with Crippen LogP contribution in [0.5, 0.6) is 5.75 Å². The predicted octanol–water partition coefficient (Wildman–Crippen LogP) is 2.95. The summed E-state index contributed by atoms with van der Waals surface area (Å²) in [4.78, 5) is 34.7. The summed E-state index contributed by atoms with van der Waals surface area (Å²) in [6, 6.07) is 13.3. The van der Waals surface area contributed by atoms with E-state index in [2.05, 4.69) is 10.6 Å². The summed E-state index contributed by atoms with van der Waals surface area (Å²) < 4.78 is 0. The largest absolute Gasteiger partial charge is 0.506 e. The molecule has 0 bridgehead atoms. The number of phenols is 1. The summed E-state index contributed by atoms with van der Waals surface area (Å²) in [6.45, 7) is 0.535. The number of amides is 2. The summed E-state index contributed by atoms with van der Waals surface area (Å²) in [7, 11) is 0. The van der Waals surface area contributed by atoms with Crippen molar-refractivity contribution in [2.45, 2.75) is 32.1 Å². The summed E-state index contributed by atoms with van der Waals surface area (Å²) in [5.41, 5.74) is 1.32. The number of carboxylic acid groups (broad SMARTS) is 1. The lowest BCUT2D eigenvalue weighted by Gasteiger charge is -2.09. The van der Waals surface area contributed by atoms with Gasteiger partial charge >= 0.3 is 5.97 Å². The van der Waals surface area contributed by atoms with Crippen molar-refractivity contribution in [1.29, 1.82) is 0 Å². The first kappa shape index (κ1) is 21.0. The van der Waals surface area contributed by atoms with Crippen molar-refractivity contribution in [1.82, 2.24) is 5.32 Å². The highest BCUT2D eigenvalue weighted by Gasteiger charge is 2.09. The van der Waals surface area contributed by atoms with Crippen molar-refractivity contribution in [3.63, 3.8) is 0 Å². The van der Waals surface area contributed by atoms with E-state index in [1.165, 1.54) is 18.2 Å². The molecule has 2 aromatic carbocycles.